The van der Waals surface area contributed by atoms with Crippen molar-refractivity contribution in [3.05, 3.63) is 0 Å². The molecule has 0 bridgehead atoms. The van der Waals surface area contributed by atoms with Crippen molar-refractivity contribution in [1.82, 2.24) is 0 Å². The molecule has 0 aliphatic rings. The highest BCUT2D eigenvalue weighted by Gasteiger charge is 2.10. The van der Waals surface area contributed by atoms with Gasteiger partial charge in [0.05, 0.1) is 0 Å². The molecule has 3 N–H and O–H groups in total. The summed E-state index contributed by atoms with van der Waals surface area (Å²) in [5.41, 5.74) is 5.25. The first-order valence-corrected chi connectivity index (χ1v) is 4.55. The van der Waals surface area contributed by atoms with Crippen molar-refractivity contribution < 1.29 is 9.90 Å². The van der Waals surface area contributed by atoms with Gasteiger partial charge in [-0.2, -0.15) is 0 Å². The van der Waals surface area contributed by atoms with Gasteiger partial charge in [-0.25, -0.2) is 0 Å². The van der Waals surface area contributed by atoms with Crippen LogP contribution in [0.2, 0.25) is 0 Å². The van der Waals surface area contributed by atoms with E-state index in [2.05, 4.69) is 0 Å². The molecule has 0 saturated heterocycles. The Bertz CT molecular complexity index is 161. The number of carboxylic acids is 1. The second kappa shape index (κ2) is 5.51. The number of rotatable bonds is 4. The predicted molar refractivity (Wildman–Crippen MR) is 51.0 cm³/mol. The molecule has 0 aromatic heterocycles. The van der Waals surface area contributed by atoms with Crippen LogP contribution in [0.5, 0.6) is 0 Å². The first-order valence-electron chi connectivity index (χ1n) is 3.15. The van der Waals surface area contributed by atoms with Crippen molar-refractivity contribution in [2.75, 3.05) is 5.75 Å². The number of carboxylic acid groups (broad SMARTS) is 1. The molecule has 0 saturated carbocycles. The lowest BCUT2D eigenvalue weighted by molar-refractivity contribution is -0.138. The third kappa shape index (κ3) is 6.28. The molecule has 64 valence electrons. The Morgan fingerprint density at radius 2 is 2.36 bits per heavy atom. The van der Waals surface area contributed by atoms with Crippen LogP contribution in [-0.4, -0.2) is 27.1 Å². The number of aliphatic carboxylic acids is 1. The zero-order chi connectivity index (χ0) is 8.85. The molecule has 0 rings (SSSR count). The fourth-order valence-corrected chi connectivity index (χ4v) is 1.36. The van der Waals surface area contributed by atoms with Gasteiger partial charge in [0.15, 0.2) is 0 Å². The molecule has 0 fully saturated rings. The zero-order valence-electron chi connectivity index (χ0n) is 6.24. The number of hydrogen-bond donors (Lipinski definition) is 2. The van der Waals surface area contributed by atoms with Gasteiger partial charge in [-0.1, -0.05) is 12.2 Å². The first-order chi connectivity index (χ1) is 5.04. The Morgan fingerprint density at radius 3 is 2.73 bits per heavy atom. The lowest BCUT2D eigenvalue weighted by Gasteiger charge is -2.03. The summed E-state index contributed by atoms with van der Waals surface area (Å²) >= 11 is 6.25. The van der Waals surface area contributed by atoms with Crippen LogP contribution in [0.1, 0.15) is 13.3 Å². The van der Waals surface area contributed by atoms with E-state index in [4.69, 9.17) is 23.1 Å². The van der Waals surface area contributed by atoms with Crippen molar-refractivity contribution in [3.8, 4) is 0 Å². The van der Waals surface area contributed by atoms with Crippen LogP contribution in [0, 0.1) is 0 Å². The number of hydrogen-bond acceptors (Lipinski definition) is 4. The van der Waals surface area contributed by atoms with Crippen LogP contribution in [0.3, 0.4) is 0 Å². The quantitative estimate of drug-likeness (QED) is 0.649. The molecule has 0 spiro atoms. The van der Waals surface area contributed by atoms with Gasteiger partial charge in [0, 0.05) is 9.95 Å². The Labute approximate surface area is 75.3 Å². The van der Waals surface area contributed by atoms with E-state index in [1.54, 1.807) is 0 Å². The number of thiocarbonyl (C=S) groups is 1. The molecular formula is C6H11NO2S2. The van der Waals surface area contributed by atoms with Crippen LogP contribution in [-0.2, 0) is 4.79 Å². The van der Waals surface area contributed by atoms with E-state index in [-0.39, 0.29) is 0 Å². The van der Waals surface area contributed by atoms with Gasteiger partial charge in [-0.05, 0) is 13.3 Å². The minimum atomic E-state index is -0.951. The second-order valence-corrected chi connectivity index (χ2v) is 4.25. The number of thioether (sulfide) groups is 1. The normalized spacial score (nSPS) is 12.5. The molecule has 0 amide bonds. The molecule has 0 aliphatic heterocycles. The van der Waals surface area contributed by atoms with Crippen LogP contribution in [0.15, 0.2) is 0 Å². The maximum Gasteiger partial charge on any atom is 0.320 e. The molecule has 1 atom stereocenters. The Balaban J connectivity index is 3.39. The van der Waals surface area contributed by atoms with Crippen LogP contribution in [0.4, 0.5) is 0 Å². The van der Waals surface area contributed by atoms with Gasteiger partial charge in [0.1, 0.15) is 6.04 Å². The summed E-state index contributed by atoms with van der Waals surface area (Å²) in [6, 6.07) is -0.753. The summed E-state index contributed by atoms with van der Waals surface area (Å²) in [6.07, 6.45) is 0.466. The van der Waals surface area contributed by atoms with Crippen molar-refractivity contribution >= 4 is 34.1 Å². The largest absolute Gasteiger partial charge is 0.480 e. The highest BCUT2D eigenvalue weighted by atomic mass is 32.2. The third-order valence-corrected chi connectivity index (χ3v) is 2.25. The minimum absolute atomic E-state index is 0.466. The molecule has 0 radical (unpaired) electrons. The fraction of sp³-hybridized carbons (Fsp3) is 0.667. The molecule has 1 unspecified atom stereocenters. The molecule has 0 heterocycles. The van der Waals surface area contributed by atoms with Gasteiger partial charge in [0.2, 0.25) is 0 Å². The standard InChI is InChI=1S/C6H11NO2S2/c1-4(10)11-3-2-5(7)6(8)9/h5H,2-3,7H2,1H3,(H,8,9). The summed E-state index contributed by atoms with van der Waals surface area (Å²) in [6.45, 7) is 1.81. The lowest BCUT2D eigenvalue weighted by Crippen LogP contribution is -2.30. The second-order valence-electron chi connectivity index (χ2n) is 2.07. The van der Waals surface area contributed by atoms with E-state index < -0.39 is 12.0 Å². The lowest BCUT2D eigenvalue weighted by atomic mass is 10.2. The van der Waals surface area contributed by atoms with Crippen molar-refractivity contribution in [1.29, 1.82) is 0 Å². The summed E-state index contributed by atoms with van der Waals surface area (Å²) in [5.74, 6) is -0.268. The Morgan fingerprint density at radius 1 is 1.82 bits per heavy atom. The first kappa shape index (κ1) is 10.9. The topological polar surface area (TPSA) is 63.3 Å². The van der Waals surface area contributed by atoms with E-state index in [1.165, 1.54) is 11.8 Å². The number of carbonyl (C=O) groups is 1. The molecule has 0 aliphatic carbocycles. The Hall–Kier alpha value is -0.130. The highest BCUT2D eigenvalue weighted by molar-refractivity contribution is 8.23. The van der Waals surface area contributed by atoms with E-state index in [0.717, 1.165) is 4.20 Å². The highest BCUT2D eigenvalue weighted by Crippen LogP contribution is 2.06. The fourth-order valence-electron chi connectivity index (χ4n) is 0.453. The van der Waals surface area contributed by atoms with Crippen molar-refractivity contribution in [3.63, 3.8) is 0 Å². The monoisotopic (exact) mass is 193 g/mol. The van der Waals surface area contributed by atoms with Gasteiger partial charge < -0.3 is 10.8 Å². The van der Waals surface area contributed by atoms with Crippen LogP contribution >= 0.6 is 24.0 Å². The van der Waals surface area contributed by atoms with Gasteiger partial charge in [-0.3, -0.25) is 4.79 Å². The Kier molecular flexibility index (Phi) is 5.45. The van der Waals surface area contributed by atoms with E-state index >= 15 is 0 Å². The van der Waals surface area contributed by atoms with Crippen molar-refractivity contribution in [2.24, 2.45) is 5.73 Å². The molecule has 11 heavy (non-hydrogen) atoms. The molecular weight excluding hydrogens is 182 g/mol. The molecule has 3 nitrogen and oxygen atoms in total. The molecule has 0 aromatic carbocycles. The van der Waals surface area contributed by atoms with Gasteiger partial charge in [0.25, 0.3) is 0 Å². The van der Waals surface area contributed by atoms with Crippen molar-refractivity contribution in [2.45, 2.75) is 19.4 Å². The SMILES string of the molecule is CC(=S)SCCC(N)C(=O)O. The summed E-state index contributed by atoms with van der Waals surface area (Å²) in [7, 11) is 0. The van der Waals surface area contributed by atoms with Crippen LogP contribution in [0.25, 0.3) is 0 Å². The summed E-state index contributed by atoms with van der Waals surface area (Å²) in [4.78, 5) is 10.2. The van der Waals surface area contributed by atoms with Crippen LogP contribution < -0.4 is 5.73 Å². The number of nitrogens with two attached hydrogens (primary N) is 1. The zero-order valence-corrected chi connectivity index (χ0v) is 7.87. The van der Waals surface area contributed by atoms with E-state index in [1.807, 2.05) is 6.92 Å². The van der Waals surface area contributed by atoms with Gasteiger partial charge in [-0.15, -0.1) is 11.8 Å². The average molecular weight is 193 g/mol. The van der Waals surface area contributed by atoms with E-state index in [0.29, 0.717) is 12.2 Å². The average Bonchev–Trinajstić information content (AvgIpc) is 1.86. The summed E-state index contributed by atoms with van der Waals surface area (Å²) < 4.78 is 0.822. The van der Waals surface area contributed by atoms with Gasteiger partial charge >= 0.3 is 5.97 Å². The molecule has 0 aromatic rings. The maximum atomic E-state index is 10.2. The third-order valence-electron chi connectivity index (χ3n) is 1.05. The molecule has 5 heteroatoms. The smallest absolute Gasteiger partial charge is 0.320 e. The predicted octanol–water partition coefficient (Wildman–Crippen LogP) is 0.869. The maximum absolute atomic E-state index is 10.2. The summed E-state index contributed by atoms with van der Waals surface area (Å²) in [5, 5.41) is 8.38. The van der Waals surface area contributed by atoms with E-state index in [9.17, 15) is 4.79 Å². The minimum Gasteiger partial charge on any atom is -0.480 e.